The van der Waals surface area contributed by atoms with Crippen molar-refractivity contribution in [3.63, 3.8) is 0 Å². The maximum atomic E-state index is 5.72. The van der Waals surface area contributed by atoms with E-state index >= 15 is 0 Å². The number of hydrazine groups is 1. The van der Waals surface area contributed by atoms with Crippen LogP contribution < -0.4 is 5.84 Å². The zero-order chi connectivity index (χ0) is 7.14. The Morgan fingerprint density at radius 2 is 1.90 bits per heavy atom. The lowest BCUT2D eigenvalue weighted by atomic mass is 9.80. The van der Waals surface area contributed by atoms with E-state index in [4.69, 9.17) is 10.6 Å². The van der Waals surface area contributed by atoms with Crippen LogP contribution in [0.25, 0.3) is 0 Å². The van der Waals surface area contributed by atoms with Gasteiger partial charge in [0, 0.05) is 19.2 Å². The van der Waals surface area contributed by atoms with E-state index in [9.17, 15) is 0 Å². The van der Waals surface area contributed by atoms with Crippen molar-refractivity contribution in [2.45, 2.75) is 37.5 Å². The third-order valence-electron chi connectivity index (χ3n) is 2.79. The van der Waals surface area contributed by atoms with Gasteiger partial charge in [-0.25, -0.2) is 5.01 Å². The average Bonchev–Trinajstić information content (AvgIpc) is 2.04. The van der Waals surface area contributed by atoms with Crippen molar-refractivity contribution >= 4 is 0 Å². The van der Waals surface area contributed by atoms with Crippen LogP contribution in [0.2, 0.25) is 0 Å². The fraction of sp³-hybridized carbons (Fsp3) is 1.00. The summed E-state index contributed by atoms with van der Waals surface area (Å²) >= 11 is 0. The minimum Gasteiger partial charge on any atom is -0.381 e. The lowest BCUT2D eigenvalue weighted by molar-refractivity contribution is -0.0942. The smallest absolute Gasteiger partial charge is 0.0602 e. The largest absolute Gasteiger partial charge is 0.381 e. The SMILES string of the molecule is COC1CC2CC(C1)N2N. The quantitative estimate of drug-likeness (QED) is 0.528. The van der Waals surface area contributed by atoms with Crippen molar-refractivity contribution < 1.29 is 4.74 Å². The number of fused-ring (bicyclic) bond motifs is 2. The lowest BCUT2D eigenvalue weighted by Gasteiger charge is -2.52. The Bertz CT molecular complexity index is 128. The first-order valence-corrected chi connectivity index (χ1v) is 3.87. The molecular weight excluding hydrogens is 128 g/mol. The van der Waals surface area contributed by atoms with Crippen LogP contribution in [0.4, 0.5) is 0 Å². The van der Waals surface area contributed by atoms with E-state index in [0.29, 0.717) is 18.2 Å². The first kappa shape index (κ1) is 6.58. The number of methoxy groups -OCH3 is 1. The van der Waals surface area contributed by atoms with E-state index in [2.05, 4.69) is 0 Å². The van der Waals surface area contributed by atoms with E-state index in [0.717, 1.165) is 12.8 Å². The molecule has 1 saturated carbocycles. The molecule has 2 atom stereocenters. The Labute approximate surface area is 61.1 Å². The summed E-state index contributed by atoms with van der Waals surface area (Å²) in [6.45, 7) is 0. The topological polar surface area (TPSA) is 38.5 Å². The van der Waals surface area contributed by atoms with Gasteiger partial charge in [-0.1, -0.05) is 0 Å². The molecule has 3 nitrogen and oxygen atoms in total. The summed E-state index contributed by atoms with van der Waals surface area (Å²) < 4.78 is 5.26. The van der Waals surface area contributed by atoms with Crippen molar-refractivity contribution in [1.82, 2.24) is 5.01 Å². The Balaban J connectivity index is 1.93. The third kappa shape index (κ3) is 0.779. The van der Waals surface area contributed by atoms with Crippen LogP contribution >= 0.6 is 0 Å². The fourth-order valence-corrected chi connectivity index (χ4v) is 2.05. The van der Waals surface area contributed by atoms with Crippen molar-refractivity contribution in [1.29, 1.82) is 0 Å². The number of ether oxygens (including phenoxy) is 1. The summed E-state index contributed by atoms with van der Waals surface area (Å²) in [4.78, 5) is 0. The first-order chi connectivity index (χ1) is 4.81. The van der Waals surface area contributed by atoms with Crippen LogP contribution in [-0.2, 0) is 4.74 Å². The highest BCUT2D eigenvalue weighted by Crippen LogP contribution is 2.36. The highest BCUT2D eigenvalue weighted by molar-refractivity contribution is 4.97. The van der Waals surface area contributed by atoms with Crippen LogP contribution in [0.15, 0.2) is 0 Å². The number of hydrogen-bond acceptors (Lipinski definition) is 3. The van der Waals surface area contributed by atoms with Gasteiger partial charge in [0.2, 0.25) is 0 Å². The molecule has 0 aromatic rings. The Morgan fingerprint density at radius 1 is 1.30 bits per heavy atom. The van der Waals surface area contributed by atoms with E-state index < -0.39 is 0 Å². The molecule has 0 amide bonds. The van der Waals surface area contributed by atoms with Crippen molar-refractivity contribution in [2.24, 2.45) is 5.84 Å². The van der Waals surface area contributed by atoms with E-state index in [1.165, 1.54) is 6.42 Å². The maximum Gasteiger partial charge on any atom is 0.0602 e. The van der Waals surface area contributed by atoms with Gasteiger partial charge in [-0.05, 0) is 19.3 Å². The molecule has 3 aliphatic rings. The van der Waals surface area contributed by atoms with E-state index in [-0.39, 0.29) is 0 Å². The highest BCUT2D eigenvalue weighted by Gasteiger charge is 2.43. The molecule has 10 heavy (non-hydrogen) atoms. The van der Waals surface area contributed by atoms with Gasteiger partial charge in [0.15, 0.2) is 0 Å². The summed E-state index contributed by atoms with van der Waals surface area (Å²) in [5.41, 5.74) is 0. The van der Waals surface area contributed by atoms with E-state index in [1.54, 1.807) is 7.11 Å². The minimum absolute atomic E-state index is 0.476. The van der Waals surface area contributed by atoms with Gasteiger partial charge >= 0.3 is 0 Å². The summed E-state index contributed by atoms with van der Waals surface area (Å²) in [6, 6.07) is 1.23. The Hall–Kier alpha value is -0.120. The molecule has 0 aromatic heterocycles. The second kappa shape index (κ2) is 2.19. The van der Waals surface area contributed by atoms with Crippen LogP contribution in [-0.4, -0.2) is 30.3 Å². The predicted molar refractivity (Wildman–Crippen MR) is 38.3 cm³/mol. The first-order valence-electron chi connectivity index (χ1n) is 3.87. The molecule has 1 aliphatic carbocycles. The molecule has 3 fully saturated rings. The van der Waals surface area contributed by atoms with Gasteiger partial charge in [-0.2, -0.15) is 0 Å². The second-order valence-corrected chi connectivity index (χ2v) is 3.32. The van der Waals surface area contributed by atoms with Crippen LogP contribution in [0, 0.1) is 0 Å². The normalized spacial score (nSPS) is 46.8. The molecule has 3 rings (SSSR count). The summed E-state index contributed by atoms with van der Waals surface area (Å²) in [5, 5.41) is 1.98. The zero-order valence-corrected chi connectivity index (χ0v) is 6.29. The lowest BCUT2D eigenvalue weighted by Crippen LogP contribution is -2.65. The minimum atomic E-state index is 0.476. The van der Waals surface area contributed by atoms with Gasteiger partial charge in [-0.3, -0.25) is 5.84 Å². The molecule has 2 saturated heterocycles. The molecule has 58 valence electrons. The van der Waals surface area contributed by atoms with Crippen LogP contribution in [0.5, 0.6) is 0 Å². The number of nitrogens with zero attached hydrogens (tertiary/aromatic N) is 1. The maximum absolute atomic E-state index is 5.72. The molecule has 2 N–H and O–H groups in total. The van der Waals surface area contributed by atoms with Crippen molar-refractivity contribution in [2.75, 3.05) is 7.11 Å². The highest BCUT2D eigenvalue weighted by atomic mass is 16.5. The summed E-state index contributed by atoms with van der Waals surface area (Å²) in [6.07, 6.45) is 4.02. The van der Waals surface area contributed by atoms with Crippen molar-refractivity contribution in [3.05, 3.63) is 0 Å². The third-order valence-corrected chi connectivity index (χ3v) is 2.79. The molecule has 2 unspecified atom stereocenters. The molecule has 0 radical (unpaired) electrons. The monoisotopic (exact) mass is 142 g/mol. The molecule has 2 bridgehead atoms. The van der Waals surface area contributed by atoms with Gasteiger partial charge in [0.05, 0.1) is 6.10 Å². The van der Waals surface area contributed by atoms with Crippen molar-refractivity contribution in [3.8, 4) is 0 Å². The Morgan fingerprint density at radius 3 is 2.30 bits per heavy atom. The number of nitrogens with two attached hydrogens (primary N) is 1. The second-order valence-electron chi connectivity index (χ2n) is 3.32. The predicted octanol–water partition coefficient (Wildman–Crippen LogP) is 0.112. The van der Waals surface area contributed by atoms with Crippen LogP contribution in [0.1, 0.15) is 19.3 Å². The summed E-state index contributed by atoms with van der Waals surface area (Å²) in [7, 11) is 1.79. The van der Waals surface area contributed by atoms with Gasteiger partial charge < -0.3 is 4.74 Å². The zero-order valence-electron chi connectivity index (χ0n) is 6.29. The van der Waals surface area contributed by atoms with E-state index in [1.807, 2.05) is 5.01 Å². The number of piperidine rings is 1. The number of rotatable bonds is 1. The number of hydrogen-bond donors (Lipinski definition) is 1. The average molecular weight is 142 g/mol. The molecule has 0 spiro atoms. The standard InChI is InChI=1S/C7H14N2O/c1-10-7-3-5-2-6(4-7)9(5)8/h5-7H,2-4,8H2,1H3. The molecule has 2 aliphatic heterocycles. The molecule has 3 heteroatoms. The van der Waals surface area contributed by atoms with Gasteiger partial charge in [0.1, 0.15) is 0 Å². The Kier molecular flexibility index (Phi) is 1.44. The molecular formula is C7H14N2O. The van der Waals surface area contributed by atoms with Crippen LogP contribution in [0.3, 0.4) is 0 Å². The summed E-state index contributed by atoms with van der Waals surface area (Å²) in [5.74, 6) is 5.72. The van der Waals surface area contributed by atoms with Gasteiger partial charge in [-0.15, -0.1) is 0 Å². The molecule has 2 heterocycles. The molecule has 0 aromatic carbocycles. The fourth-order valence-electron chi connectivity index (χ4n) is 2.05. The van der Waals surface area contributed by atoms with Gasteiger partial charge in [0.25, 0.3) is 0 Å².